The zero-order chi connectivity index (χ0) is 17.9. The summed E-state index contributed by atoms with van der Waals surface area (Å²) in [6.45, 7) is 3.35. The van der Waals surface area contributed by atoms with Gasteiger partial charge in [0, 0.05) is 16.3 Å². The average molecular weight is 495 g/mol. The molecule has 0 saturated heterocycles. The minimum atomic E-state index is -0.885. The van der Waals surface area contributed by atoms with Crippen LogP contribution in [0.4, 0.5) is 0 Å². The second-order valence-corrected chi connectivity index (χ2v) is 9.21. The van der Waals surface area contributed by atoms with E-state index in [1.165, 1.54) is 29.6 Å². The summed E-state index contributed by atoms with van der Waals surface area (Å²) in [7, 11) is 0. The van der Waals surface area contributed by atoms with E-state index in [-0.39, 0.29) is 11.7 Å². The quantitative estimate of drug-likeness (QED) is 0.477. The van der Waals surface area contributed by atoms with Crippen molar-refractivity contribution in [1.29, 1.82) is 0 Å². The van der Waals surface area contributed by atoms with Crippen molar-refractivity contribution in [3.05, 3.63) is 41.1 Å². The second kappa shape index (κ2) is 8.37. The van der Waals surface area contributed by atoms with Gasteiger partial charge >= 0.3 is 5.97 Å². The molecule has 1 N–H and O–H groups in total. The highest BCUT2D eigenvalue weighted by atomic mass is 79.9. The Labute approximate surface area is 163 Å². The summed E-state index contributed by atoms with van der Waals surface area (Å²) in [5, 5.41) is 2.67. The summed E-state index contributed by atoms with van der Waals surface area (Å²) in [5.74, 6) is -0.939. The highest BCUT2D eigenvalue weighted by Crippen LogP contribution is 2.33. The first-order chi connectivity index (χ1) is 11.3. The Morgan fingerprint density at radius 1 is 1.21 bits per heavy atom. The molecule has 24 heavy (non-hydrogen) atoms. The number of rotatable bonds is 6. The maximum Gasteiger partial charge on any atom is 0.349 e. The van der Waals surface area contributed by atoms with Gasteiger partial charge in [0.2, 0.25) is 11.7 Å². The molecule has 0 aliphatic carbocycles. The van der Waals surface area contributed by atoms with Crippen LogP contribution in [0.5, 0.6) is 0 Å². The third-order valence-electron chi connectivity index (χ3n) is 2.92. The maximum absolute atomic E-state index is 12.4. The zero-order valence-electron chi connectivity index (χ0n) is 12.7. The van der Waals surface area contributed by atoms with Crippen LogP contribution in [0.2, 0.25) is 0 Å². The summed E-state index contributed by atoms with van der Waals surface area (Å²) in [5.41, 5.74) is 0. The van der Waals surface area contributed by atoms with Crippen molar-refractivity contribution in [1.82, 2.24) is 5.32 Å². The van der Waals surface area contributed by atoms with Crippen molar-refractivity contribution < 1.29 is 19.1 Å². The summed E-state index contributed by atoms with van der Waals surface area (Å²) in [4.78, 5) is 37.1. The Morgan fingerprint density at radius 2 is 1.92 bits per heavy atom. The Balaban J connectivity index is 1.99. The van der Waals surface area contributed by atoms with Crippen LogP contribution in [0.3, 0.4) is 0 Å². The van der Waals surface area contributed by atoms with Crippen LogP contribution in [0.1, 0.15) is 38.1 Å². The molecule has 2 aromatic heterocycles. The summed E-state index contributed by atoms with van der Waals surface area (Å²) < 4.78 is 6.80. The number of amides is 1. The fourth-order valence-corrected chi connectivity index (χ4v) is 4.62. The number of carbonyl (C=O) groups excluding carboxylic acids is 3. The molecule has 1 amide bonds. The van der Waals surface area contributed by atoms with Crippen LogP contribution < -0.4 is 5.32 Å². The molecule has 1 atom stereocenters. The van der Waals surface area contributed by atoms with Gasteiger partial charge in [-0.15, -0.1) is 22.7 Å². The molecular weight excluding hydrogens is 482 g/mol. The minimum absolute atomic E-state index is 0.133. The lowest BCUT2D eigenvalue weighted by Crippen LogP contribution is -2.23. The second-order valence-electron chi connectivity index (χ2n) is 4.82. The van der Waals surface area contributed by atoms with Gasteiger partial charge in [0.05, 0.1) is 15.2 Å². The molecule has 2 heterocycles. The van der Waals surface area contributed by atoms with E-state index in [4.69, 9.17) is 4.74 Å². The molecule has 2 rings (SSSR count). The molecule has 9 heteroatoms. The molecule has 2 aromatic rings. The van der Waals surface area contributed by atoms with E-state index in [0.717, 1.165) is 13.1 Å². The molecular formula is C15H13Br2NO4S2. The van der Waals surface area contributed by atoms with Gasteiger partial charge in [-0.1, -0.05) is 0 Å². The lowest BCUT2D eigenvalue weighted by Gasteiger charge is -2.10. The zero-order valence-corrected chi connectivity index (χ0v) is 17.5. The number of Topliss-reactive ketones (excluding diaryl/α,β-unsaturated/α-hetero) is 1. The van der Waals surface area contributed by atoms with Crippen LogP contribution >= 0.6 is 54.5 Å². The van der Waals surface area contributed by atoms with Crippen LogP contribution in [0, 0.1) is 0 Å². The highest BCUT2D eigenvalue weighted by Gasteiger charge is 2.23. The predicted molar refractivity (Wildman–Crippen MR) is 101 cm³/mol. The van der Waals surface area contributed by atoms with Gasteiger partial charge < -0.3 is 10.1 Å². The van der Waals surface area contributed by atoms with Crippen molar-refractivity contribution in [2.45, 2.75) is 26.5 Å². The van der Waals surface area contributed by atoms with Gasteiger partial charge in [0.25, 0.3) is 0 Å². The third-order valence-corrected chi connectivity index (χ3v) is 7.25. The number of carbonyl (C=O) groups is 3. The minimum Gasteiger partial charge on any atom is -0.450 e. The Bertz CT molecular complexity index is 765. The van der Waals surface area contributed by atoms with Crippen molar-refractivity contribution in [2.75, 3.05) is 0 Å². The molecule has 0 aliphatic heterocycles. The van der Waals surface area contributed by atoms with E-state index in [0.29, 0.717) is 16.3 Å². The Kier molecular flexibility index (Phi) is 6.73. The molecule has 128 valence electrons. The standard InChI is InChI=1S/C15H13Br2NO4S2/c1-7(22-15(21)12-5-10(16)14(17)24-12)13(20)11-4-3-9(23-11)6-18-8(2)19/h3-5,7H,6H2,1-2H3,(H,18,19). The molecule has 0 fully saturated rings. The molecule has 0 spiro atoms. The van der Waals surface area contributed by atoms with E-state index in [9.17, 15) is 14.4 Å². The topological polar surface area (TPSA) is 72.5 Å². The molecule has 0 aliphatic rings. The molecule has 5 nitrogen and oxygen atoms in total. The largest absolute Gasteiger partial charge is 0.450 e. The number of ether oxygens (including phenoxy) is 1. The first-order valence-electron chi connectivity index (χ1n) is 6.81. The van der Waals surface area contributed by atoms with E-state index < -0.39 is 12.1 Å². The molecule has 0 aromatic carbocycles. The monoisotopic (exact) mass is 493 g/mol. The smallest absolute Gasteiger partial charge is 0.349 e. The van der Waals surface area contributed by atoms with Crippen LogP contribution in [-0.4, -0.2) is 23.8 Å². The number of halogens is 2. The lowest BCUT2D eigenvalue weighted by molar-refractivity contribution is -0.119. The fraction of sp³-hybridized carbons (Fsp3) is 0.267. The van der Waals surface area contributed by atoms with Crippen molar-refractivity contribution >= 4 is 72.2 Å². The average Bonchev–Trinajstić information content (AvgIpc) is 3.12. The van der Waals surface area contributed by atoms with Gasteiger partial charge in [0.15, 0.2) is 6.10 Å². The van der Waals surface area contributed by atoms with Crippen molar-refractivity contribution in [3.8, 4) is 0 Å². The van der Waals surface area contributed by atoms with E-state index in [1.807, 2.05) is 0 Å². The Hall–Kier alpha value is -1.03. The number of esters is 1. The van der Waals surface area contributed by atoms with Crippen molar-refractivity contribution in [3.63, 3.8) is 0 Å². The van der Waals surface area contributed by atoms with Crippen molar-refractivity contribution in [2.24, 2.45) is 0 Å². The first-order valence-corrected chi connectivity index (χ1v) is 10.0. The maximum atomic E-state index is 12.4. The number of ketones is 1. The normalized spacial score (nSPS) is 11.8. The van der Waals surface area contributed by atoms with Crippen LogP contribution in [0.25, 0.3) is 0 Å². The van der Waals surface area contributed by atoms with E-state index in [1.54, 1.807) is 25.1 Å². The van der Waals surface area contributed by atoms with Gasteiger partial charge in [0.1, 0.15) is 4.88 Å². The van der Waals surface area contributed by atoms with Crippen LogP contribution in [0.15, 0.2) is 26.5 Å². The molecule has 0 saturated carbocycles. The SMILES string of the molecule is CC(=O)NCc1ccc(C(=O)C(C)OC(=O)c2cc(Br)c(Br)s2)s1. The number of thiophene rings is 2. The number of hydrogen-bond donors (Lipinski definition) is 1. The Morgan fingerprint density at radius 3 is 2.50 bits per heavy atom. The lowest BCUT2D eigenvalue weighted by atomic mass is 10.2. The molecule has 0 radical (unpaired) electrons. The fourth-order valence-electron chi connectivity index (χ4n) is 1.74. The summed E-state index contributed by atoms with van der Waals surface area (Å²) in [6, 6.07) is 5.09. The first kappa shape index (κ1) is 19.3. The molecule has 0 bridgehead atoms. The van der Waals surface area contributed by atoms with Gasteiger partial charge in [-0.3, -0.25) is 9.59 Å². The van der Waals surface area contributed by atoms with E-state index in [2.05, 4.69) is 37.2 Å². The summed E-state index contributed by atoms with van der Waals surface area (Å²) >= 11 is 9.12. The van der Waals surface area contributed by atoms with Gasteiger partial charge in [-0.2, -0.15) is 0 Å². The highest BCUT2D eigenvalue weighted by molar-refractivity contribution is 9.13. The third kappa shape index (κ3) is 4.98. The van der Waals surface area contributed by atoms with E-state index >= 15 is 0 Å². The number of nitrogens with one attached hydrogen (secondary N) is 1. The van der Waals surface area contributed by atoms with Gasteiger partial charge in [-0.05, 0) is 57.0 Å². The molecule has 1 unspecified atom stereocenters. The predicted octanol–water partition coefficient (Wildman–Crippen LogP) is 4.40. The number of hydrogen-bond acceptors (Lipinski definition) is 6. The van der Waals surface area contributed by atoms with Gasteiger partial charge in [-0.25, -0.2) is 4.79 Å². The van der Waals surface area contributed by atoms with Crippen LogP contribution in [-0.2, 0) is 16.1 Å². The summed E-state index contributed by atoms with van der Waals surface area (Å²) in [6.07, 6.45) is -0.885.